The zero-order valence-electron chi connectivity index (χ0n) is 18.7. The summed E-state index contributed by atoms with van der Waals surface area (Å²) in [6.45, 7) is 11.6. The second-order valence-electron chi connectivity index (χ2n) is 8.59. The average Bonchev–Trinajstić information content (AvgIpc) is 3.07. The van der Waals surface area contributed by atoms with Crippen LogP contribution in [0.1, 0.15) is 43.6 Å². The SMILES string of the molecule is [CH2]c1cc(C(=O)O)cc2c1N(NCC(C)(C)C(=O)OC)C(NCC(C)(C)C(=O)OC)S2. The van der Waals surface area contributed by atoms with Crippen LogP contribution in [0, 0.1) is 17.8 Å². The lowest BCUT2D eigenvalue weighted by molar-refractivity contribution is -0.151. The van der Waals surface area contributed by atoms with Gasteiger partial charge in [0.15, 0.2) is 0 Å². The molecule has 1 radical (unpaired) electrons. The molecule has 0 aromatic heterocycles. The third-order valence-electron chi connectivity index (χ3n) is 5.00. The van der Waals surface area contributed by atoms with E-state index in [-0.39, 0.29) is 29.5 Å². The van der Waals surface area contributed by atoms with Crippen LogP contribution < -0.4 is 15.8 Å². The van der Waals surface area contributed by atoms with Crippen LogP contribution in [0.2, 0.25) is 0 Å². The summed E-state index contributed by atoms with van der Waals surface area (Å²) in [5.74, 6) is -1.75. The zero-order chi connectivity index (χ0) is 23.6. The molecule has 1 atom stereocenters. The number of esters is 2. The van der Waals surface area contributed by atoms with Gasteiger partial charge in [-0.05, 0) is 52.3 Å². The van der Waals surface area contributed by atoms with Crippen molar-refractivity contribution >= 4 is 35.4 Å². The van der Waals surface area contributed by atoms with Crippen LogP contribution in [0.3, 0.4) is 0 Å². The van der Waals surface area contributed by atoms with E-state index in [9.17, 15) is 19.5 Å². The topological polar surface area (TPSA) is 117 Å². The van der Waals surface area contributed by atoms with E-state index in [2.05, 4.69) is 17.7 Å². The maximum atomic E-state index is 12.1. The quantitative estimate of drug-likeness (QED) is 0.482. The first kappa shape index (κ1) is 25.0. The van der Waals surface area contributed by atoms with Crippen LogP contribution in [-0.2, 0) is 19.1 Å². The van der Waals surface area contributed by atoms with E-state index < -0.39 is 16.8 Å². The summed E-state index contributed by atoms with van der Waals surface area (Å²) in [7, 11) is 2.68. The molecule has 0 saturated heterocycles. The van der Waals surface area contributed by atoms with Gasteiger partial charge in [-0.25, -0.2) is 10.2 Å². The van der Waals surface area contributed by atoms with Crippen LogP contribution in [0.25, 0.3) is 0 Å². The van der Waals surface area contributed by atoms with Crippen molar-refractivity contribution in [3.8, 4) is 0 Å². The number of hydrogen-bond acceptors (Lipinski definition) is 9. The number of benzene rings is 1. The minimum Gasteiger partial charge on any atom is -0.478 e. The van der Waals surface area contributed by atoms with Gasteiger partial charge in [0, 0.05) is 18.0 Å². The lowest BCUT2D eigenvalue weighted by Crippen LogP contribution is -2.54. The number of thioether (sulfide) groups is 1. The highest BCUT2D eigenvalue weighted by Crippen LogP contribution is 2.44. The molecule has 0 amide bonds. The number of carboxylic acid groups (broad SMARTS) is 1. The molecular weight excluding hydrogens is 422 g/mol. The number of nitrogens with zero attached hydrogens (tertiary/aromatic N) is 1. The van der Waals surface area contributed by atoms with Gasteiger partial charge >= 0.3 is 17.9 Å². The number of aromatic carboxylic acids is 1. The Labute approximate surface area is 186 Å². The van der Waals surface area contributed by atoms with Crippen LogP contribution in [0.4, 0.5) is 5.69 Å². The Balaban J connectivity index is 2.32. The Morgan fingerprint density at radius 2 is 1.65 bits per heavy atom. The second kappa shape index (κ2) is 9.46. The molecule has 0 spiro atoms. The molecule has 1 aromatic rings. The highest BCUT2D eigenvalue weighted by atomic mass is 32.2. The maximum Gasteiger partial charge on any atom is 0.335 e. The van der Waals surface area contributed by atoms with Crippen LogP contribution >= 0.6 is 11.8 Å². The molecule has 31 heavy (non-hydrogen) atoms. The number of hydrogen-bond donors (Lipinski definition) is 3. The summed E-state index contributed by atoms with van der Waals surface area (Å²) in [5, 5.41) is 14.5. The van der Waals surface area contributed by atoms with E-state index in [1.54, 1.807) is 33.8 Å². The first-order valence-electron chi connectivity index (χ1n) is 9.67. The van der Waals surface area contributed by atoms with E-state index >= 15 is 0 Å². The zero-order valence-corrected chi connectivity index (χ0v) is 19.5. The lowest BCUT2D eigenvalue weighted by Gasteiger charge is -2.33. The predicted molar refractivity (Wildman–Crippen MR) is 118 cm³/mol. The normalized spacial score (nSPS) is 16.1. The highest BCUT2D eigenvalue weighted by molar-refractivity contribution is 8.00. The molecule has 0 aliphatic carbocycles. The smallest absolute Gasteiger partial charge is 0.335 e. The second-order valence-corrected chi connectivity index (χ2v) is 9.72. The van der Waals surface area contributed by atoms with E-state index in [1.165, 1.54) is 32.0 Å². The number of nitrogens with one attached hydrogen (secondary N) is 2. The maximum absolute atomic E-state index is 12.1. The van der Waals surface area contributed by atoms with Gasteiger partial charge in [-0.15, -0.1) is 0 Å². The summed E-state index contributed by atoms with van der Waals surface area (Å²) < 4.78 is 9.75. The number of carbonyl (C=O) groups excluding carboxylic acids is 2. The van der Waals surface area contributed by atoms with Crippen molar-refractivity contribution in [1.82, 2.24) is 10.7 Å². The Morgan fingerprint density at radius 1 is 1.10 bits per heavy atom. The Morgan fingerprint density at radius 3 is 2.16 bits per heavy atom. The fourth-order valence-electron chi connectivity index (χ4n) is 3.06. The third-order valence-corrected chi connectivity index (χ3v) is 6.17. The Kier molecular flexibility index (Phi) is 7.61. The van der Waals surface area contributed by atoms with Crippen molar-refractivity contribution in [2.24, 2.45) is 10.8 Å². The lowest BCUT2D eigenvalue weighted by atomic mass is 9.94. The third kappa shape index (κ3) is 5.50. The molecule has 10 heteroatoms. The standard InChI is InChI=1S/C21H30N3O6S/c1-12-8-13(16(25)26)9-14-15(12)24(23-11-21(4,5)18(28)30-7)19(31-14)22-10-20(2,3)17(27)29-6/h8-9,19,22-23H,1,10-11H2,2-7H3,(H,25,26). The molecule has 1 aliphatic rings. The minimum absolute atomic E-state index is 0.140. The van der Waals surface area contributed by atoms with Crippen molar-refractivity contribution in [3.05, 3.63) is 30.2 Å². The number of rotatable bonds is 9. The Bertz CT molecular complexity index is 871. The van der Waals surface area contributed by atoms with Gasteiger partial charge in [0.1, 0.15) is 5.50 Å². The molecule has 0 fully saturated rings. The van der Waals surface area contributed by atoms with E-state index in [1.807, 2.05) is 5.01 Å². The molecule has 1 heterocycles. The number of carbonyl (C=O) groups is 3. The summed E-state index contributed by atoms with van der Waals surface area (Å²) in [4.78, 5) is 36.3. The fourth-order valence-corrected chi connectivity index (χ4v) is 4.29. The van der Waals surface area contributed by atoms with Gasteiger partial charge in [0.05, 0.1) is 36.3 Å². The molecule has 1 aromatic carbocycles. The molecule has 2 rings (SSSR count). The number of anilines is 1. The fraction of sp³-hybridized carbons (Fsp3) is 0.524. The monoisotopic (exact) mass is 452 g/mol. The largest absolute Gasteiger partial charge is 0.478 e. The summed E-state index contributed by atoms with van der Waals surface area (Å²) in [6.07, 6.45) is 0. The van der Waals surface area contributed by atoms with Crippen molar-refractivity contribution in [2.45, 2.75) is 38.1 Å². The molecule has 171 valence electrons. The van der Waals surface area contributed by atoms with Gasteiger partial charge in [0.25, 0.3) is 0 Å². The summed E-state index contributed by atoms with van der Waals surface area (Å²) in [5.41, 5.74) is 2.68. The molecule has 1 aliphatic heterocycles. The molecule has 1 unspecified atom stereocenters. The highest BCUT2D eigenvalue weighted by Gasteiger charge is 2.37. The number of fused-ring (bicyclic) bond motifs is 1. The van der Waals surface area contributed by atoms with Crippen molar-refractivity contribution in [3.63, 3.8) is 0 Å². The number of carboxylic acids is 1. The number of ether oxygens (including phenoxy) is 2. The number of hydrazine groups is 1. The first-order valence-corrected chi connectivity index (χ1v) is 10.5. The van der Waals surface area contributed by atoms with E-state index in [0.29, 0.717) is 17.8 Å². The van der Waals surface area contributed by atoms with Crippen LogP contribution in [-0.4, -0.2) is 55.8 Å². The Hall–Kier alpha value is -2.30. The first-order chi connectivity index (χ1) is 14.3. The van der Waals surface area contributed by atoms with Gasteiger partial charge in [-0.3, -0.25) is 19.9 Å². The van der Waals surface area contributed by atoms with Crippen LogP contribution in [0.15, 0.2) is 17.0 Å². The predicted octanol–water partition coefficient (Wildman–Crippen LogP) is 2.26. The van der Waals surface area contributed by atoms with Gasteiger partial charge in [-0.2, -0.15) is 0 Å². The molecule has 0 saturated carbocycles. The van der Waals surface area contributed by atoms with Crippen molar-refractivity contribution in [1.29, 1.82) is 0 Å². The molecule has 0 bridgehead atoms. The molecular formula is C21H30N3O6S. The van der Waals surface area contributed by atoms with Crippen LogP contribution in [0.5, 0.6) is 0 Å². The summed E-state index contributed by atoms with van der Waals surface area (Å²) in [6, 6.07) is 3.09. The van der Waals surface area contributed by atoms with E-state index in [0.717, 1.165) is 4.90 Å². The molecule has 3 N–H and O–H groups in total. The number of methoxy groups -OCH3 is 2. The summed E-state index contributed by atoms with van der Waals surface area (Å²) >= 11 is 1.40. The average molecular weight is 453 g/mol. The minimum atomic E-state index is -1.04. The molecule has 9 nitrogen and oxygen atoms in total. The van der Waals surface area contributed by atoms with Gasteiger partial charge in [-0.1, -0.05) is 11.8 Å². The van der Waals surface area contributed by atoms with E-state index in [4.69, 9.17) is 9.47 Å². The van der Waals surface area contributed by atoms with Gasteiger partial charge in [0.2, 0.25) is 0 Å². The van der Waals surface area contributed by atoms with Crippen molar-refractivity contribution < 1.29 is 29.0 Å². The van der Waals surface area contributed by atoms with Gasteiger partial charge < -0.3 is 14.6 Å². The van der Waals surface area contributed by atoms with Crippen molar-refractivity contribution in [2.75, 3.05) is 32.3 Å².